The molecule has 0 bridgehead atoms. The van der Waals surface area contributed by atoms with Crippen molar-refractivity contribution in [1.82, 2.24) is 0 Å². The second-order valence-corrected chi connectivity index (χ2v) is 8.11. The monoisotopic (exact) mass is 462 g/mol. The van der Waals surface area contributed by atoms with E-state index in [2.05, 4.69) is 0 Å². The number of rotatable bonds is 10. The summed E-state index contributed by atoms with van der Waals surface area (Å²) >= 11 is 0. The van der Waals surface area contributed by atoms with Crippen LogP contribution in [0.3, 0.4) is 0 Å². The molecular weight excluding hydrogens is 432 g/mol. The Bertz CT molecular complexity index is 1120. The van der Waals surface area contributed by atoms with Gasteiger partial charge in [-0.2, -0.15) is 0 Å². The Labute approximate surface area is 199 Å². The maximum Gasteiger partial charge on any atom is 0.335 e. The number of hydrogen-bond acceptors (Lipinski definition) is 4. The molecule has 0 aromatic heterocycles. The van der Waals surface area contributed by atoms with Crippen LogP contribution < -0.4 is 9.47 Å². The van der Waals surface area contributed by atoms with Crippen LogP contribution in [0.25, 0.3) is 22.3 Å². The Hall–Kier alpha value is -3.80. The summed E-state index contributed by atoms with van der Waals surface area (Å²) in [5.74, 6) is -0.661. The zero-order valence-corrected chi connectivity index (χ0v) is 20.0. The predicted molar refractivity (Wildman–Crippen MR) is 132 cm³/mol. The van der Waals surface area contributed by atoms with Crippen LogP contribution in [-0.4, -0.2) is 36.4 Å². The van der Waals surface area contributed by atoms with Crippen molar-refractivity contribution in [1.29, 1.82) is 0 Å². The van der Waals surface area contributed by atoms with E-state index in [4.69, 9.17) is 9.47 Å². The van der Waals surface area contributed by atoms with Gasteiger partial charge in [-0.25, -0.2) is 9.59 Å². The summed E-state index contributed by atoms with van der Waals surface area (Å²) < 4.78 is 11.4. The maximum atomic E-state index is 11.6. The Morgan fingerprint density at radius 3 is 1.35 bits per heavy atom. The largest absolute Gasteiger partial charge is 0.496 e. The van der Waals surface area contributed by atoms with Crippen molar-refractivity contribution in [2.45, 2.75) is 39.5 Å². The number of carbonyl (C=O) groups is 2. The van der Waals surface area contributed by atoms with Gasteiger partial charge in [-0.3, -0.25) is 0 Å². The third kappa shape index (κ3) is 5.06. The number of carboxylic acid groups (broad SMARTS) is 2. The first kappa shape index (κ1) is 24.8. The van der Waals surface area contributed by atoms with Crippen molar-refractivity contribution in [3.8, 4) is 33.8 Å². The van der Waals surface area contributed by atoms with Crippen LogP contribution in [0.15, 0.2) is 48.5 Å². The van der Waals surface area contributed by atoms with Crippen molar-refractivity contribution >= 4 is 11.9 Å². The predicted octanol–water partition coefficient (Wildman–Crippen LogP) is 6.34. The maximum absolute atomic E-state index is 11.6. The van der Waals surface area contributed by atoms with Gasteiger partial charge in [0.2, 0.25) is 0 Å². The van der Waals surface area contributed by atoms with Crippen LogP contribution in [0.1, 0.15) is 58.5 Å². The van der Waals surface area contributed by atoms with E-state index in [1.54, 1.807) is 38.5 Å². The average molecular weight is 463 g/mol. The molecule has 3 aromatic carbocycles. The highest BCUT2D eigenvalue weighted by Gasteiger charge is 2.18. The molecule has 3 aromatic rings. The Kier molecular flexibility index (Phi) is 7.95. The summed E-state index contributed by atoms with van der Waals surface area (Å²) in [6.07, 6.45) is 2.97. The van der Waals surface area contributed by atoms with Gasteiger partial charge in [0.25, 0.3) is 0 Å². The molecular formula is C28H30O6. The van der Waals surface area contributed by atoms with Gasteiger partial charge in [0.15, 0.2) is 0 Å². The summed E-state index contributed by atoms with van der Waals surface area (Å²) in [6.45, 7) is 4.03. The Morgan fingerprint density at radius 1 is 0.676 bits per heavy atom. The third-order valence-electron chi connectivity index (χ3n) is 5.85. The molecule has 6 nitrogen and oxygen atoms in total. The highest BCUT2D eigenvalue weighted by molar-refractivity contribution is 5.92. The number of methoxy groups -OCH3 is 2. The van der Waals surface area contributed by atoms with Gasteiger partial charge < -0.3 is 19.7 Å². The third-order valence-corrected chi connectivity index (χ3v) is 5.85. The minimum absolute atomic E-state index is 0.301. The van der Waals surface area contributed by atoms with Crippen molar-refractivity contribution < 1.29 is 29.3 Å². The highest BCUT2D eigenvalue weighted by atomic mass is 16.5. The Balaban J connectivity index is 2.17. The first-order valence-corrected chi connectivity index (χ1v) is 11.3. The summed E-state index contributed by atoms with van der Waals surface area (Å²) in [4.78, 5) is 23.3. The van der Waals surface area contributed by atoms with Crippen molar-refractivity contribution in [2.75, 3.05) is 14.2 Å². The van der Waals surface area contributed by atoms with Crippen LogP contribution in [0, 0.1) is 0 Å². The van der Waals surface area contributed by atoms with E-state index in [1.165, 1.54) is 0 Å². The SMILES string of the molecule is CCCc1cc(-c2cc(OC)c(-c3ccc(C(=O)O)c(CCC)c3)cc2OC)ccc1C(=O)O. The molecule has 0 saturated carbocycles. The van der Waals surface area contributed by atoms with Crippen LogP contribution in [0.4, 0.5) is 0 Å². The second-order valence-electron chi connectivity index (χ2n) is 8.11. The zero-order valence-electron chi connectivity index (χ0n) is 20.0. The van der Waals surface area contributed by atoms with Gasteiger partial charge in [0.05, 0.1) is 25.3 Å². The van der Waals surface area contributed by atoms with Crippen LogP contribution in [0.5, 0.6) is 11.5 Å². The number of aromatic carboxylic acids is 2. The summed E-state index contributed by atoms with van der Waals surface area (Å²) in [7, 11) is 3.17. The minimum atomic E-state index is -0.942. The lowest BCUT2D eigenvalue weighted by Crippen LogP contribution is -2.03. The van der Waals surface area contributed by atoms with Crippen molar-refractivity contribution in [3.63, 3.8) is 0 Å². The summed E-state index contributed by atoms with van der Waals surface area (Å²) in [5.41, 5.74) is 5.38. The number of benzene rings is 3. The molecule has 0 radical (unpaired) electrons. The molecule has 0 unspecified atom stereocenters. The van der Waals surface area contributed by atoms with Crippen molar-refractivity contribution in [2.24, 2.45) is 0 Å². The van der Waals surface area contributed by atoms with E-state index in [1.807, 2.05) is 38.1 Å². The quantitative estimate of drug-likeness (QED) is 0.365. The molecule has 0 aliphatic rings. The number of hydrogen-bond donors (Lipinski definition) is 2. The van der Waals surface area contributed by atoms with Gasteiger partial charge in [-0.15, -0.1) is 0 Å². The molecule has 6 heteroatoms. The van der Waals surface area contributed by atoms with Crippen LogP contribution in [0.2, 0.25) is 0 Å². The molecule has 0 fully saturated rings. The highest BCUT2D eigenvalue weighted by Crippen LogP contribution is 2.41. The molecule has 0 amide bonds. The fraction of sp³-hybridized carbons (Fsp3) is 0.286. The average Bonchev–Trinajstić information content (AvgIpc) is 2.83. The van der Waals surface area contributed by atoms with Gasteiger partial charge in [-0.05, 0) is 59.4 Å². The Morgan fingerprint density at radius 2 is 1.06 bits per heavy atom. The molecule has 0 saturated heterocycles. The van der Waals surface area contributed by atoms with Crippen molar-refractivity contribution in [3.05, 3.63) is 70.8 Å². The molecule has 0 spiro atoms. The lowest BCUT2D eigenvalue weighted by molar-refractivity contribution is 0.0684. The van der Waals surface area contributed by atoms with E-state index >= 15 is 0 Å². The van der Waals surface area contributed by atoms with Gasteiger partial charge in [-0.1, -0.05) is 51.0 Å². The van der Waals surface area contributed by atoms with E-state index in [-0.39, 0.29) is 0 Å². The topological polar surface area (TPSA) is 93.1 Å². The molecule has 0 aliphatic heterocycles. The van der Waals surface area contributed by atoms with Crippen LogP contribution in [-0.2, 0) is 12.8 Å². The smallest absolute Gasteiger partial charge is 0.335 e. The lowest BCUT2D eigenvalue weighted by Gasteiger charge is -2.17. The van der Waals surface area contributed by atoms with Gasteiger partial charge in [0.1, 0.15) is 11.5 Å². The molecule has 178 valence electrons. The fourth-order valence-corrected chi connectivity index (χ4v) is 4.24. The standard InChI is InChI=1S/C28H30O6/c1-5-7-17-13-19(9-11-21(17)27(29)30)23-15-26(34-4)24(16-25(23)33-3)20-10-12-22(28(31)32)18(14-20)8-6-2/h9-16H,5-8H2,1-4H3,(H,29,30)(H,31,32). The minimum Gasteiger partial charge on any atom is -0.496 e. The number of ether oxygens (including phenoxy) is 2. The van der Waals surface area contributed by atoms with Gasteiger partial charge >= 0.3 is 11.9 Å². The van der Waals surface area contributed by atoms with Gasteiger partial charge in [0, 0.05) is 11.1 Å². The summed E-state index contributed by atoms with van der Waals surface area (Å²) in [6, 6.07) is 14.4. The number of aryl methyl sites for hydroxylation is 2. The molecule has 0 atom stereocenters. The fourth-order valence-electron chi connectivity index (χ4n) is 4.24. The molecule has 3 rings (SSSR count). The first-order valence-electron chi connectivity index (χ1n) is 11.3. The van der Waals surface area contributed by atoms with E-state index < -0.39 is 11.9 Å². The first-order chi connectivity index (χ1) is 16.3. The second kappa shape index (κ2) is 10.9. The molecule has 2 N–H and O–H groups in total. The summed E-state index contributed by atoms with van der Waals surface area (Å²) in [5, 5.41) is 19.1. The normalized spacial score (nSPS) is 10.7. The number of carboxylic acids is 2. The van der Waals surface area contributed by atoms with E-state index in [0.717, 1.165) is 46.2 Å². The molecule has 0 aliphatic carbocycles. The van der Waals surface area contributed by atoms with Crippen LogP contribution >= 0.6 is 0 Å². The lowest BCUT2D eigenvalue weighted by atomic mass is 9.92. The molecule has 0 heterocycles. The van der Waals surface area contributed by atoms with E-state index in [0.29, 0.717) is 35.5 Å². The zero-order chi connectivity index (χ0) is 24.8. The molecule has 34 heavy (non-hydrogen) atoms. The van der Waals surface area contributed by atoms with E-state index in [9.17, 15) is 19.8 Å².